The molecule has 18 heavy (non-hydrogen) atoms. The van der Waals surface area contributed by atoms with Gasteiger partial charge in [0.2, 0.25) is 0 Å². The van der Waals surface area contributed by atoms with Gasteiger partial charge in [0.1, 0.15) is 12.1 Å². The number of carboxylic acids is 1. The minimum absolute atomic E-state index is 0.0723. The number of aryl methyl sites for hydroxylation is 1. The maximum Gasteiger partial charge on any atom is 0.305 e. The van der Waals surface area contributed by atoms with E-state index >= 15 is 0 Å². The summed E-state index contributed by atoms with van der Waals surface area (Å²) in [6, 6.07) is 1.82. The van der Waals surface area contributed by atoms with Gasteiger partial charge in [-0.3, -0.25) is 4.79 Å². The Bertz CT molecular complexity index is 382. The maximum atomic E-state index is 10.8. The molecular weight excluding hydrogens is 230 g/mol. The summed E-state index contributed by atoms with van der Waals surface area (Å²) in [4.78, 5) is 19.1. The Morgan fingerprint density at radius 3 is 2.78 bits per heavy atom. The van der Waals surface area contributed by atoms with E-state index in [9.17, 15) is 4.79 Å². The van der Waals surface area contributed by atoms with Gasteiger partial charge in [-0.25, -0.2) is 9.97 Å². The van der Waals surface area contributed by atoms with Crippen molar-refractivity contribution >= 4 is 11.8 Å². The Kier molecular flexibility index (Phi) is 6.11. The van der Waals surface area contributed by atoms with Crippen LogP contribution in [-0.4, -0.2) is 27.1 Å². The van der Waals surface area contributed by atoms with Crippen LogP contribution in [0.2, 0.25) is 0 Å². The smallest absolute Gasteiger partial charge is 0.305 e. The number of carboxylic acid groups (broad SMARTS) is 1. The fourth-order valence-corrected chi connectivity index (χ4v) is 1.86. The van der Waals surface area contributed by atoms with Crippen LogP contribution in [-0.2, 0) is 11.2 Å². The first kappa shape index (κ1) is 14.4. The van der Waals surface area contributed by atoms with Gasteiger partial charge in [-0.2, -0.15) is 0 Å². The predicted octanol–water partition coefficient (Wildman–Crippen LogP) is 2.48. The lowest BCUT2D eigenvalue weighted by Gasteiger charge is -2.16. The number of rotatable bonds is 8. The van der Waals surface area contributed by atoms with E-state index < -0.39 is 5.97 Å². The van der Waals surface area contributed by atoms with Gasteiger partial charge < -0.3 is 10.4 Å². The average molecular weight is 251 g/mol. The molecule has 1 atom stereocenters. The van der Waals surface area contributed by atoms with E-state index in [0.29, 0.717) is 5.82 Å². The summed E-state index contributed by atoms with van der Waals surface area (Å²) < 4.78 is 0. The molecule has 0 radical (unpaired) electrons. The largest absolute Gasteiger partial charge is 0.481 e. The monoisotopic (exact) mass is 251 g/mol. The van der Waals surface area contributed by atoms with Gasteiger partial charge in [-0.1, -0.05) is 26.7 Å². The summed E-state index contributed by atoms with van der Waals surface area (Å²) >= 11 is 0. The molecule has 0 saturated carbocycles. The van der Waals surface area contributed by atoms with Crippen LogP contribution in [0.15, 0.2) is 12.4 Å². The molecule has 0 aromatic carbocycles. The summed E-state index contributed by atoms with van der Waals surface area (Å²) in [5.74, 6) is -0.0723. The normalized spacial score (nSPS) is 12.1. The average Bonchev–Trinajstić information content (AvgIpc) is 2.29. The zero-order valence-corrected chi connectivity index (χ0v) is 11.0. The second-order valence-corrected chi connectivity index (χ2v) is 4.37. The highest BCUT2D eigenvalue weighted by Crippen LogP contribution is 2.12. The fourth-order valence-electron chi connectivity index (χ4n) is 1.86. The SMILES string of the molecule is CCCc1cc(NC(CCC)CC(=O)O)ncn1. The lowest BCUT2D eigenvalue weighted by Crippen LogP contribution is -2.23. The Morgan fingerprint density at radius 1 is 1.39 bits per heavy atom. The van der Waals surface area contributed by atoms with Gasteiger partial charge in [-0.05, 0) is 12.8 Å². The third-order valence-corrected chi connectivity index (χ3v) is 2.64. The van der Waals surface area contributed by atoms with Crippen molar-refractivity contribution in [3.05, 3.63) is 18.1 Å². The van der Waals surface area contributed by atoms with Crippen LogP contribution in [0, 0.1) is 0 Å². The molecule has 1 aromatic rings. The Hall–Kier alpha value is -1.65. The Balaban J connectivity index is 2.67. The highest BCUT2D eigenvalue weighted by molar-refractivity contribution is 5.68. The molecule has 100 valence electrons. The molecule has 0 amide bonds. The molecule has 0 bridgehead atoms. The Labute approximate surface area is 108 Å². The number of hydrogen-bond acceptors (Lipinski definition) is 4. The van der Waals surface area contributed by atoms with Crippen molar-refractivity contribution in [1.82, 2.24) is 9.97 Å². The molecule has 0 fully saturated rings. The summed E-state index contributed by atoms with van der Waals surface area (Å²) in [6.07, 6.45) is 5.34. The van der Waals surface area contributed by atoms with Gasteiger partial charge in [-0.15, -0.1) is 0 Å². The van der Waals surface area contributed by atoms with E-state index in [4.69, 9.17) is 5.11 Å². The lowest BCUT2D eigenvalue weighted by molar-refractivity contribution is -0.137. The van der Waals surface area contributed by atoms with Gasteiger partial charge in [0.15, 0.2) is 0 Å². The van der Waals surface area contributed by atoms with Crippen molar-refractivity contribution in [2.45, 2.75) is 52.0 Å². The summed E-state index contributed by atoms with van der Waals surface area (Å²) in [7, 11) is 0. The van der Waals surface area contributed by atoms with Crippen LogP contribution in [0.5, 0.6) is 0 Å². The molecule has 0 aliphatic heterocycles. The summed E-state index contributed by atoms with van der Waals surface area (Å²) in [6.45, 7) is 4.14. The zero-order valence-electron chi connectivity index (χ0n) is 11.0. The molecule has 1 rings (SSSR count). The highest BCUT2D eigenvalue weighted by Gasteiger charge is 2.12. The van der Waals surface area contributed by atoms with E-state index in [-0.39, 0.29) is 12.5 Å². The molecule has 0 aliphatic rings. The van der Waals surface area contributed by atoms with Gasteiger partial charge >= 0.3 is 5.97 Å². The van der Waals surface area contributed by atoms with Gasteiger partial charge in [0.05, 0.1) is 6.42 Å². The van der Waals surface area contributed by atoms with E-state index in [1.165, 1.54) is 6.33 Å². The predicted molar refractivity (Wildman–Crippen MR) is 70.6 cm³/mol. The van der Waals surface area contributed by atoms with Crippen molar-refractivity contribution in [1.29, 1.82) is 0 Å². The first-order valence-electron chi connectivity index (χ1n) is 6.45. The number of hydrogen-bond donors (Lipinski definition) is 2. The zero-order chi connectivity index (χ0) is 13.4. The van der Waals surface area contributed by atoms with Crippen molar-refractivity contribution in [2.75, 3.05) is 5.32 Å². The molecule has 0 saturated heterocycles. The van der Waals surface area contributed by atoms with Crippen LogP contribution in [0.1, 0.15) is 45.2 Å². The molecule has 5 nitrogen and oxygen atoms in total. The van der Waals surface area contributed by atoms with E-state index in [0.717, 1.165) is 31.4 Å². The molecule has 1 aromatic heterocycles. The first-order valence-corrected chi connectivity index (χ1v) is 6.45. The standard InChI is InChI=1S/C13H21N3O2/c1-3-5-10-7-12(15-9-14-10)16-11(6-4-2)8-13(17)18/h7,9,11H,3-6,8H2,1-2H3,(H,17,18)(H,14,15,16). The number of aromatic nitrogens is 2. The summed E-state index contributed by atoms with van der Waals surface area (Å²) in [5, 5.41) is 12.0. The molecule has 0 aliphatic carbocycles. The number of anilines is 1. The molecule has 0 spiro atoms. The van der Waals surface area contributed by atoms with E-state index in [2.05, 4.69) is 22.2 Å². The van der Waals surface area contributed by atoms with Crippen LogP contribution in [0.4, 0.5) is 5.82 Å². The van der Waals surface area contributed by atoms with Gasteiger partial charge in [0.25, 0.3) is 0 Å². The van der Waals surface area contributed by atoms with Crippen molar-refractivity contribution in [3.63, 3.8) is 0 Å². The number of nitrogens with one attached hydrogen (secondary N) is 1. The highest BCUT2D eigenvalue weighted by atomic mass is 16.4. The van der Waals surface area contributed by atoms with Gasteiger partial charge in [0, 0.05) is 17.8 Å². The minimum Gasteiger partial charge on any atom is -0.481 e. The number of carbonyl (C=O) groups is 1. The van der Waals surface area contributed by atoms with E-state index in [1.54, 1.807) is 0 Å². The molecule has 2 N–H and O–H groups in total. The van der Waals surface area contributed by atoms with Crippen molar-refractivity contribution in [2.24, 2.45) is 0 Å². The van der Waals surface area contributed by atoms with Crippen molar-refractivity contribution < 1.29 is 9.90 Å². The fraction of sp³-hybridized carbons (Fsp3) is 0.615. The second-order valence-electron chi connectivity index (χ2n) is 4.37. The Morgan fingerprint density at radius 2 is 2.17 bits per heavy atom. The number of aliphatic carboxylic acids is 1. The topological polar surface area (TPSA) is 75.1 Å². The van der Waals surface area contributed by atoms with Crippen LogP contribution < -0.4 is 5.32 Å². The van der Waals surface area contributed by atoms with Crippen LogP contribution in [0.3, 0.4) is 0 Å². The number of nitrogens with zero attached hydrogens (tertiary/aromatic N) is 2. The maximum absolute atomic E-state index is 10.8. The molecular formula is C13H21N3O2. The lowest BCUT2D eigenvalue weighted by atomic mass is 10.1. The van der Waals surface area contributed by atoms with Crippen LogP contribution >= 0.6 is 0 Å². The van der Waals surface area contributed by atoms with Crippen LogP contribution in [0.25, 0.3) is 0 Å². The second kappa shape index (κ2) is 7.63. The molecule has 1 unspecified atom stereocenters. The first-order chi connectivity index (χ1) is 8.65. The molecule has 1 heterocycles. The third-order valence-electron chi connectivity index (χ3n) is 2.64. The third kappa shape index (κ3) is 5.12. The van der Waals surface area contributed by atoms with Crippen molar-refractivity contribution in [3.8, 4) is 0 Å². The quantitative estimate of drug-likeness (QED) is 0.742. The summed E-state index contributed by atoms with van der Waals surface area (Å²) in [5.41, 5.74) is 0.987. The molecule has 5 heteroatoms. The van der Waals surface area contributed by atoms with E-state index in [1.807, 2.05) is 13.0 Å². The minimum atomic E-state index is -0.788.